The molecule has 1 aromatic carbocycles. The first-order chi connectivity index (χ1) is 9.70. The van der Waals surface area contributed by atoms with Crippen molar-refractivity contribution < 1.29 is 17.6 Å². The molecule has 0 spiro atoms. The van der Waals surface area contributed by atoms with Gasteiger partial charge in [-0.3, -0.25) is 4.79 Å². The molecule has 1 fully saturated rings. The van der Waals surface area contributed by atoms with E-state index in [-0.39, 0.29) is 17.0 Å². The van der Waals surface area contributed by atoms with E-state index in [1.807, 2.05) is 0 Å². The molecule has 7 heteroatoms. The Labute approximate surface area is 124 Å². The summed E-state index contributed by atoms with van der Waals surface area (Å²) in [5.74, 6) is -0.733. The number of nitrogens with two attached hydrogens (primary N) is 1. The Kier molecular flexibility index (Phi) is 4.34. The molecule has 1 saturated carbocycles. The second-order valence-corrected chi connectivity index (χ2v) is 7.16. The lowest BCUT2D eigenvalue weighted by atomic mass is 9.85. The van der Waals surface area contributed by atoms with Crippen LogP contribution in [0, 0.1) is 18.7 Å². The third-order valence-electron chi connectivity index (χ3n) is 3.88. The summed E-state index contributed by atoms with van der Waals surface area (Å²) in [5, 5.41) is 4.99. The fourth-order valence-corrected chi connectivity index (χ4v) is 3.14. The van der Waals surface area contributed by atoms with Crippen molar-refractivity contribution in [3.8, 4) is 0 Å². The van der Waals surface area contributed by atoms with E-state index in [4.69, 9.17) is 5.14 Å². The van der Waals surface area contributed by atoms with Gasteiger partial charge in [0.1, 0.15) is 10.7 Å². The number of hydrogen-bond acceptors (Lipinski definition) is 3. The summed E-state index contributed by atoms with van der Waals surface area (Å²) in [6.07, 6.45) is 3.38. The van der Waals surface area contributed by atoms with Gasteiger partial charge in [0.2, 0.25) is 10.0 Å². The SMILES string of the molecule is Cc1cc(C(=O)N(C)CC2CCC2)cc(S(N)(=O)=O)c1F. The van der Waals surface area contributed by atoms with Gasteiger partial charge in [-0.15, -0.1) is 0 Å². The molecule has 0 atom stereocenters. The number of sulfonamides is 1. The number of amides is 1. The van der Waals surface area contributed by atoms with Crippen molar-refractivity contribution in [3.05, 3.63) is 29.1 Å². The van der Waals surface area contributed by atoms with E-state index >= 15 is 0 Å². The molecule has 2 rings (SSSR count). The summed E-state index contributed by atoms with van der Waals surface area (Å²) in [5.41, 5.74) is 0.224. The van der Waals surface area contributed by atoms with Gasteiger partial charge in [-0.05, 0) is 43.4 Å². The molecule has 1 aliphatic rings. The van der Waals surface area contributed by atoms with Gasteiger partial charge < -0.3 is 4.90 Å². The van der Waals surface area contributed by atoms with E-state index in [1.54, 1.807) is 11.9 Å². The molecule has 2 N–H and O–H groups in total. The number of rotatable bonds is 4. The summed E-state index contributed by atoms with van der Waals surface area (Å²) >= 11 is 0. The topological polar surface area (TPSA) is 80.5 Å². The smallest absolute Gasteiger partial charge is 0.253 e. The summed E-state index contributed by atoms with van der Waals surface area (Å²) in [6, 6.07) is 2.36. The average molecular weight is 314 g/mol. The van der Waals surface area contributed by atoms with Crippen LogP contribution in [0.15, 0.2) is 17.0 Å². The maximum Gasteiger partial charge on any atom is 0.253 e. The second-order valence-electron chi connectivity index (χ2n) is 5.63. The molecule has 5 nitrogen and oxygen atoms in total. The fraction of sp³-hybridized carbons (Fsp3) is 0.500. The van der Waals surface area contributed by atoms with E-state index in [1.165, 1.54) is 19.4 Å². The first-order valence-electron chi connectivity index (χ1n) is 6.78. The molecule has 0 heterocycles. The minimum Gasteiger partial charge on any atom is -0.341 e. The van der Waals surface area contributed by atoms with Crippen LogP contribution in [0.3, 0.4) is 0 Å². The maximum absolute atomic E-state index is 13.8. The molecular formula is C14H19FN2O3S. The highest BCUT2D eigenvalue weighted by atomic mass is 32.2. The molecule has 1 aliphatic carbocycles. The predicted molar refractivity (Wildman–Crippen MR) is 76.8 cm³/mol. The van der Waals surface area contributed by atoms with Crippen molar-refractivity contribution in [3.63, 3.8) is 0 Å². The summed E-state index contributed by atoms with van der Waals surface area (Å²) in [7, 11) is -2.54. The van der Waals surface area contributed by atoms with Gasteiger partial charge in [-0.25, -0.2) is 17.9 Å². The minimum absolute atomic E-state index is 0.0851. The summed E-state index contributed by atoms with van der Waals surface area (Å²) in [6.45, 7) is 2.03. The standard InChI is InChI=1S/C14H19FN2O3S/c1-9-6-11(7-12(13(9)15)21(16,19)20)14(18)17(2)8-10-4-3-5-10/h6-7,10H,3-5,8H2,1-2H3,(H2,16,19,20). The number of halogens is 1. The van der Waals surface area contributed by atoms with Crippen molar-refractivity contribution in [2.75, 3.05) is 13.6 Å². The van der Waals surface area contributed by atoms with Crippen molar-refractivity contribution >= 4 is 15.9 Å². The number of benzene rings is 1. The third-order valence-corrected chi connectivity index (χ3v) is 4.79. The highest BCUT2D eigenvalue weighted by Gasteiger charge is 2.24. The Morgan fingerprint density at radius 1 is 1.43 bits per heavy atom. The van der Waals surface area contributed by atoms with Gasteiger partial charge in [0, 0.05) is 19.2 Å². The van der Waals surface area contributed by atoms with E-state index in [2.05, 4.69) is 0 Å². The number of nitrogens with zero attached hydrogens (tertiary/aromatic N) is 1. The average Bonchev–Trinajstić information content (AvgIpc) is 2.34. The van der Waals surface area contributed by atoms with Gasteiger partial charge in [-0.1, -0.05) is 6.42 Å². The zero-order valence-corrected chi connectivity index (χ0v) is 12.9. The third kappa shape index (κ3) is 3.41. The highest BCUT2D eigenvalue weighted by molar-refractivity contribution is 7.89. The minimum atomic E-state index is -4.20. The largest absolute Gasteiger partial charge is 0.341 e. The lowest BCUT2D eigenvalue weighted by Gasteiger charge is -2.30. The Balaban J connectivity index is 2.30. The zero-order chi connectivity index (χ0) is 15.8. The fourth-order valence-electron chi connectivity index (χ4n) is 2.43. The van der Waals surface area contributed by atoms with Crippen LogP contribution in [0.5, 0.6) is 0 Å². The monoisotopic (exact) mass is 314 g/mol. The van der Waals surface area contributed by atoms with Crippen LogP contribution in [0.2, 0.25) is 0 Å². The number of hydrogen-bond donors (Lipinski definition) is 1. The molecule has 1 amide bonds. The van der Waals surface area contributed by atoms with Crippen molar-refractivity contribution in [1.29, 1.82) is 0 Å². The number of primary sulfonamides is 1. The molecule has 0 aromatic heterocycles. The molecule has 0 aliphatic heterocycles. The van der Waals surface area contributed by atoms with E-state index < -0.39 is 20.7 Å². The number of carbonyl (C=O) groups is 1. The quantitative estimate of drug-likeness (QED) is 0.917. The second kappa shape index (κ2) is 5.73. The van der Waals surface area contributed by atoms with Crippen LogP contribution in [0.1, 0.15) is 35.2 Å². The van der Waals surface area contributed by atoms with Crippen LogP contribution in [-0.2, 0) is 10.0 Å². The van der Waals surface area contributed by atoms with Gasteiger partial charge in [0.25, 0.3) is 5.91 Å². The van der Waals surface area contributed by atoms with Crippen molar-refractivity contribution in [2.24, 2.45) is 11.1 Å². The molecule has 0 saturated heterocycles. The lowest BCUT2D eigenvalue weighted by Crippen LogP contribution is -2.34. The van der Waals surface area contributed by atoms with E-state index in [9.17, 15) is 17.6 Å². The van der Waals surface area contributed by atoms with Gasteiger partial charge in [-0.2, -0.15) is 0 Å². The van der Waals surface area contributed by atoms with E-state index in [0.717, 1.165) is 18.9 Å². The first kappa shape index (κ1) is 15.9. The molecule has 1 aromatic rings. The normalized spacial score (nSPS) is 15.6. The van der Waals surface area contributed by atoms with Crippen LogP contribution >= 0.6 is 0 Å². The lowest BCUT2D eigenvalue weighted by molar-refractivity contribution is 0.0745. The number of aryl methyl sites for hydroxylation is 1. The van der Waals surface area contributed by atoms with Crippen LogP contribution in [0.25, 0.3) is 0 Å². The Morgan fingerprint density at radius 3 is 2.52 bits per heavy atom. The van der Waals surface area contributed by atoms with Crippen molar-refractivity contribution in [1.82, 2.24) is 4.90 Å². The van der Waals surface area contributed by atoms with Crippen molar-refractivity contribution in [2.45, 2.75) is 31.1 Å². The van der Waals surface area contributed by atoms with Gasteiger partial charge in [0.05, 0.1) is 0 Å². The molecule has 0 unspecified atom stereocenters. The Morgan fingerprint density at radius 2 is 2.05 bits per heavy atom. The Hall–Kier alpha value is -1.47. The molecular weight excluding hydrogens is 295 g/mol. The molecule has 0 bridgehead atoms. The Bertz CT molecular complexity index is 669. The van der Waals surface area contributed by atoms with Crippen LogP contribution in [0.4, 0.5) is 4.39 Å². The van der Waals surface area contributed by atoms with Crippen LogP contribution in [-0.4, -0.2) is 32.8 Å². The first-order valence-corrected chi connectivity index (χ1v) is 8.33. The summed E-state index contributed by atoms with van der Waals surface area (Å²) < 4.78 is 36.6. The van der Waals surface area contributed by atoms with E-state index in [0.29, 0.717) is 12.5 Å². The maximum atomic E-state index is 13.8. The van der Waals surface area contributed by atoms with Gasteiger partial charge >= 0.3 is 0 Å². The molecule has 116 valence electrons. The predicted octanol–water partition coefficient (Wildman–Crippen LogP) is 1.65. The van der Waals surface area contributed by atoms with Crippen LogP contribution < -0.4 is 5.14 Å². The molecule has 0 radical (unpaired) electrons. The summed E-state index contributed by atoms with van der Waals surface area (Å²) in [4.78, 5) is 13.2. The zero-order valence-electron chi connectivity index (χ0n) is 12.1. The van der Waals surface area contributed by atoms with Gasteiger partial charge in [0.15, 0.2) is 0 Å². The molecule has 21 heavy (non-hydrogen) atoms. The number of carbonyl (C=O) groups excluding carboxylic acids is 1. The highest BCUT2D eigenvalue weighted by Crippen LogP contribution is 2.27.